The summed E-state index contributed by atoms with van der Waals surface area (Å²) < 4.78 is 4.70. The van der Waals surface area contributed by atoms with Crippen LogP contribution in [0.2, 0.25) is 0 Å². The first-order valence-electron chi connectivity index (χ1n) is 6.20. The molecule has 1 heterocycles. The van der Waals surface area contributed by atoms with Crippen molar-refractivity contribution in [2.45, 2.75) is 6.92 Å². The van der Waals surface area contributed by atoms with E-state index in [4.69, 9.17) is 4.74 Å². The SMILES string of the molecule is C=CCN(CC=C)c1ccc(NNC(=O)OCC)nn1. The average molecular weight is 277 g/mol. The highest BCUT2D eigenvalue weighted by Gasteiger charge is 2.06. The number of carbonyl (C=O) groups excluding carboxylic acids is 1. The zero-order valence-electron chi connectivity index (χ0n) is 11.5. The minimum absolute atomic E-state index is 0.302. The average Bonchev–Trinajstić information content (AvgIpc) is 2.46. The first-order valence-corrected chi connectivity index (χ1v) is 6.20. The summed E-state index contributed by atoms with van der Waals surface area (Å²) in [6.45, 7) is 10.7. The molecule has 2 N–H and O–H groups in total. The molecular formula is C13H19N5O2. The summed E-state index contributed by atoms with van der Waals surface area (Å²) in [5, 5.41) is 8.02. The van der Waals surface area contributed by atoms with Gasteiger partial charge in [-0.1, -0.05) is 12.2 Å². The van der Waals surface area contributed by atoms with Crippen LogP contribution in [0.3, 0.4) is 0 Å². The number of carbonyl (C=O) groups is 1. The standard InChI is InChI=1S/C13H19N5O2/c1-4-9-18(10-5-2)12-8-7-11(14-16-12)15-17-13(19)20-6-3/h4-5,7-8H,1-2,6,9-10H2,3H3,(H,14,15)(H,17,19). The van der Waals surface area contributed by atoms with E-state index in [2.05, 4.69) is 34.2 Å². The van der Waals surface area contributed by atoms with Crippen molar-refractivity contribution in [1.82, 2.24) is 15.6 Å². The zero-order valence-corrected chi connectivity index (χ0v) is 11.5. The highest BCUT2D eigenvalue weighted by Crippen LogP contribution is 2.11. The number of rotatable bonds is 8. The maximum absolute atomic E-state index is 11.1. The Morgan fingerprint density at radius 3 is 2.55 bits per heavy atom. The van der Waals surface area contributed by atoms with Crippen molar-refractivity contribution in [1.29, 1.82) is 0 Å². The maximum Gasteiger partial charge on any atom is 0.425 e. The fraction of sp³-hybridized carbons (Fsp3) is 0.308. The van der Waals surface area contributed by atoms with Crippen molar-refractivity contribution in [2.24, 2.45) is 0 Å². The number of ether oxygens (including phenoxy) is 1. The Balaban J connectivity index is 2.60. The Labute approximate surface area is 118 Å². The number of nitrogens with zero attached hydrogens (tertiary/aromatic N) is 3. The van der Waals surface area contributed by atoms with Crippen LogP contribution in [-0.4, -0.2) is 36.0 Å². The first-order chi connectivity index (χ1) is 9.71. The largest absolute Gasteiger partial charge is 0.449 e. The van der Waals surface area contributed by atoms with E-state index < -0.39 is 6.09 Å². The Morgan fingerprint density at radius 1 is 1.35 bits per heavy atom. The van der Waals surface area contributed by atoms with E-state index in [-0.39, 0.29) is 0 Å². The summed E-state index contributed by atoms with van der Waals surface area (Å²) in [6.07, 6.45) is 2.98. The summed E-state index contributed by atoms with van der Waals surface area (Å²) in [4.78, 5) is 13.0. The van der Waals surface area contributed by atoms with E-state index in [1.54, 1.807) is 31.2 Å². The van der Waals surface area contributed by atoms with Gasteiger partial charge in [0.2, 0.25) is 0 Å². The molecule has 1 aromatic rings. The highest BCUT2D eigenvalue weighted by molar-refractivity contribution is 5.68. The van der Waals surface area contributed by atoms with Crippen molar-refractivity contribution >= 4 is 17.7 Å². The van der Waals surface area contributed by atoms with E-state index in [0.717, 1.165) is 0 Å². The van der Waals surface area contributed by atoms with Crippen LogP contribution in [0.25, 0.3) is 0 Å². The molecule has 108 valence electrons. The van der Waals surface area contributed by atoms with E-state index in [9.17, 15) is 4.79 Å². The highest BCUT2D eigenvalue weighted by atomic mass is 16.5. The Bertz CT molecular complexity index is 437. The molecule has 0 bridgehead atoms. The van der Waals surface area contributed by atoms with Crippen LogP contribution >= 0.6 is 0 Å². The Hall–Kier alpha value is -2.57. The zero-order chi connectivity index (χ0) is 14.8. The molecule has 0 aliphatic heterocycles. The molecule has 20 heavy (non-hydrogen) atoms. The molecule has 0 radical (unpaired) electrons. The van der Waals surface area contributed by atoms with Crippen LogP contribution in [0.5, 0.6) is 0 Å². The summed E-state index contributed by atoms with van der Waals surface area (Å²) in [6, 6.07) is 3.49. The monoisotopic (exact) mass is 277 g/mol. The lowest BCUT2D eigenvalue weighted by Gasteiger charge is -2.19. The molecule has 0 saturated carbocycles. The second-order valence-corrected chi connectivity index (χ2v) is 3.73. The van der Waals surface area contributed by atoms with Gasteiger partial charge in [0.15, 0.2) is 11.6 Å². The molecule has 0 fully saturated rings. The molecule has 1 amide bonds. The predicted molar refractivity (Wildman–Crippen MR) is 78.4 cm³/mol. The maximum atomic E-state index is 11.1. The van der Waals surface area contributed by atoms with Gasteiger partial charge in [0.25, 0.3) is 0 Å². The summed E-state index contributed by atoms with van der Waals surface area (Å²) in [5.41, 5.74) is 4.94. The lowest BCUT2D eigenvalue weighted by atomic mass is 10.4. The van der Waals surface area contributed by atoms with Crippen molar-refractivity contribution in [3.8, 4) is 0 Å². The molecule has 0 unspecified atom stereocenters. The van der Waals surface area contributed by atoms with Gasteiger partial charge in [-0.05, 0) is 19.1 Å². The van der Waals surface area contributed by atoms with Gasteiger partial charge in [0, 0.05) is 13.1 Å². The van der Waals surface area contributed by atoms with Crippen LogP contribution in [0.15, 0.2) is 37.4 Å². The van der Waals surface area contributed by atoms with Crippen LogP contribution in [-0.2, 0) is 4.74 Å². The third kappa shape index (κ3) is 4.97. The summed E-state index contributed by atoms with van der Waals surface area (Å²) in [5.74, 6) is 1.12. The summed E-state index contributed by atoms with van der Waals surface area (Å²) >= 11 is 0. The number of amides is 1. The Kier molecular flexibility index (Phi) is 6.60. The van der Waals surface area contributed by atoms with Crippen LogP contribution in [0.1, 0.15) is 6.92 Å². The molecule has 1 rings (SSSR count). The molecular weight excluding hydrogens is 258 g/mol. The summed E-state index contributed by atoms with van der Waals surface area (Å²) in [7, 11) is 0. The quantitative estimate of drug-likeness (QED) is 0.556. The van der Waals surface area contributed by atoms with Gasteiger partial charge >= 0.3 is 6.09 Å². The van der Waals surface area contributed by atoms with Gasteiger partial charge in [0.05, 0.1) is 6.61 Å². The topological polar surface area (TPSA) is 79.4 Å². The number of anilines is 2. The third-order valence-corrected chi connectivity index (χ3v) is 2.24. The Morgan fingerprint density at radius 2 is 2.05 bits per heavy atom. The van der Waals surface area contributed by atoms with Crippen molar-refractivity contribution in [3.63, 3.8) is 0 Å². The van der Waals surface area contributed by atoms with Crippen molar-refractivity contribution in [3.05, 3.63) is 37.4 Å². The van der Waals surface area contributed by atoms with E-state index in [1.807, 2.05) is 4.90 Å². The van der Waals surface area contributed by atoms with E-state index in [0.29, 0.717) is 31.3 Å². The van der Waals surface area contributed by atoms with Gasteiger partial charge < -0.3 is 9.64 Å². The minimum Gasteiger partial charge on any atom is -0.449 e. The van der Waals surface area contributed by atoms with Gasteiger partial charge in [-0.15, -0.1) is 23.4 Å². The molecule has 0 aliphatic rings. The van der Waals surface area contributed by atoms with Crippen molar-refractivity contribution in [2.75, 3.05) is 30.0 Å². The van der Waals surface area contributed by atoms with Gasteiger partial charge in [-0.2, -0.15) is 0 Å². The number of hydrazine groups is 1. The second-order valence-electron chi connectivity index (χ2n) is 3.73. The molecule has 0 saturated heterocycles. The molecule has 1 aromatic heterocycles. The predicted octanol–water partition coefficient (Wildman–Crippen LogP) is 1.73. The third-order valence-electron chi connectivity index (χ3n) is 2.24. The van der Waals surface area contributed by atoms with Crippen LogP contribution in [0, 0.1) is 0 Å². The fourth-order valence-corrected chi connectivity index (χ4v) is 1.42. The lowest BCUT2D eigenvalue weighted by Crippen LogP contribution is -2.30. The second kappa shape index (κ2) is 8.52. The number of aromatic nitrogens is 2. The number of hydrogen-bond acceptors (Lipinski definition) is 6. The van der Waals surface area contributed by atoms with Gasteiger partial charge in [-0.3, -0.25) is 5.43 Å². The molecule has 0 spiro atoms. The smallest absolute Gasteiger partial charge is 0.425 e. The van der Waals surface area contributed by atoms with E-state index >= 15 is 0 Å². The first kappa shape index (κ1) is 15.5. The molecule has 7 nitrogen and oxygen atoms in total. The van der Waals surface area contributed by atoms with Gasteiger partial charge in [0.1, 0.15) is 0 Å². The fourth-order valence-electron chi connectivity index (χ4n) is 1.42. The molecule has 0 atom stereocenters. The minimum atomic E-state index is -0.571. The van der Waals surface area contributed by atoms with E-state index in [1.165, 1.54) is 0 Å². The normalized spacial score (nSPS) is 9.45. The van der Waals surface area contributed by atoms with Gasteiger partial charge in [-0.25, -0.2) is 10.2 Å². The molecule has 0 aliphatic carbocycles. The molecule has 7 heteroatoms. The number of hydrogen-bond donors (Lipinski definition) is 2. The lowest BCUT2D eigenvalue weighted by molar-refractivity contribution is 0.154. The molecule has 0 aromatic carbocycles. The van der Waals surface area contributed by atoms with Crippen molar-refractivity contribution < 1.29 is 9.53 Å². The van der Waals surface area contributed by atoms with Crippen LogP contribution < -0.4 is 15.8 Å². The number of nitrogens with one attached hydrogen (secondary N) is 2. The van der Waals surface area contributed by atoms with Crippen LogP contribution in [0.4, 0.5) is 16.4 Å².